The van der Waals surface area contributed by atoms with Gasteiger partial charge in [-0.15, -0.1) is 0 Å². The Morgan fingerprint density at radius 1 is 1.33 bits per heavy atom. The first-order valence-corrected chi connectivity index (χ1v) is 5.70. The standard InChI is InChI=1S/C11H22N2O2/c1-9(2)8-12-11(14)10(3)13-4-6-15-7-5-13/h9-10H,4-8H2,1-3H3,(H,12,14). The lowest BCUT2D eigenvalue weighted by molar-refractivity contribution is -0.127. The van der Waals surface area contributed by atoms with Crippen molar-refractivity contribution < 1.29 is 9.53 Å². The van der Waals surface area contributed by atoms with Crippen LogP contribution < -0.4 is 5.32 Å². The topological polar surface area (TPSA) is 41.6 Å². The second-order valence-corrected chi connectivity index (χ2v) is 4.46. The Kier molecular flexibility index (Phi) is 5.05. The summed E-state index contributed by atoms with van der Waals surface area (Å²) in [6.45, 7) is 10.1. The van der Waals surface area contributed by atoms with Gasteiger partial charge < -0.3 is 10.1 Å². The molecule has 1 amide bonds. The molecule has 0 bridgehead atoms. The molecule has 1 heterocycles. The van der Waals surface area contributed by atoms with E-state index < -0.39 is 0 Å². The zero-order valence-corrected chi connectivity index (χ0v) is 9.95. The number of hydrogen-bond acceptors (Lipinski definition) is 3. The maximum Gasteiger partial charge on any atom is 0.237 e. The molecule has 1 aliphatic heterocycles. The van der Waals surface area contributed by atoms with Crippen molar-refractivity contribution in [2.75, 3.05) is 32.8 Å². The molecule has 1 fully saturated rings. The fraction of sp³-hybridized carbons (Fsp3) is 0.909. The molecule has 0 aromatic rings. The molecule has 88 valence electrons. The highest BCUT2D eigenvalue weighted by atomic mass is 16.5. The lowest BCUT2D eigenvalue weighted by Gasteiger charge is -2.31. The van der Waals surface area contributed by atoms with Crippen molar-refractivity contribution in [3.05, 3.63) is 0 Å². The molecule has 1 N–H and O–H groups in total. The van der Waals surface area contributed by atoms with Crippen LogP contribution in [0.2, 0.25) is 0 Å². The van der Waals surface area contributed by atoms with E-state index in [1.54, 1.807) is 0 Å². The predicted molar refractivity (Wildman–Crippen MR) is 59.7 cm³/mol. The van der Waals surface area contributed by atoms with Gasteiger partial charge in [-0.2, -0.15) is 0 Å². The summed E-state index contributed by atoms with van der Waals surface area (Å²) in [5.74, 6) is 0.636. The van der Waals surface area contributed by atoms with E-state index in [1.165, 1.54) is 0 Å². The minimum absolute atomic E-state index is 0.0346. The fourth-order valence-electron chi connectivity index (χ4n) is 1.58. The minimum Gasteiger partial charge on any atom is -0.379 e. The number of rotatable bonds is 4. The van der Waals surface area contributed by atoms with Gasteiger partial charge in [-0.1, -0.05) is 13.8 Å². The summed E-state index contributed by atoms with van der Waals surface area (Å²) < 4.78 is 5.25. The van der Waals surface area contributed by atoms with Gasteiger partial charge in [0.25, 0.3) is 0 Å². The van der Waals surface area contributed by atoms with Crippen molar-refractivity contribution in [2.45, 2.75) is 26.8 Å². The van der Waals surface area contributed by atoms with Crippen LogP contribution in [0, 0.1) is 5.92 Å². The molecule has 4 nitrogen and oxygen atoms in total. The molecule has 15 heavy (non-hydrogen) atoms. The summed E-state index contributed by atoms with van der Waals surface area (Å²) in [5, 5.41) is 2.96. The first-order chi connectivity index (χ1) is 7.11. The third-order valence-corrected chi connectivity index (χ3v) is 2.66. The van der Waals surface area contributed by atoms with Gasteiger partial charge in [0.15, 0.2) is 0 Å². The molecule has 0 aliphatic carbocycles. The molecule has 0 saturated carbocycles. The van der Waals surface area contributed by atoms with E-state index in [9.17, 15) is 4.79 Å². The monoisotopic (exact) mass is 214 g/mol. The highest BCUT2D eigenvalue weighted by Gasteiger charge is 2.22. The van der Waals surface area contributed by atoms with Crippen LogP contribution in [0.4, 0.5) is 0 Å². The Morgan fingerprint density at radius 3 is 2.47 bits per heavy atom. The smallest absolute Gasteiger partial charge is 0.237 e. The third kappa shape index (κ3) is 4.18. The molecule has 4 heteroatoms. The molecule has 1 rings (SSSR count). The zero-order valence-electron chi connectivity index (χ0n) is 9.95. The van der Waals surface area contributed by atoms with E-state index in [4.69, 9.17) is 4.74 Å². The van der Waals surface area contributed by atoms with Crippen molar-refractivity contribution >= 4 is 5.91 Å². The Morgan fingerprint density at radius 2 is 1.93 bits per heavy atom. The second-order valence-electron chi connectivity index (χ2n) is 4.46. The minimum atomic E-state index is -0.0346. The van der Waals surface area contributed by atoms with Crippen LogP contribution in [0.1, 0.15) is 20.8 Å². The van der Waals surface area contributed by atoms with Gasteiger partial charge in [-0.25, -0.2) is 0 Å². The van der Waals surface area contributed by atoms with E-state index in [0.717, 1.165) is 32.8 Å². The maximum absolute atomic E-state index is 11.8. The quantitative estimate of drug-likeness (QED) is 0.740. The molecule has 0 aromatic heterocycles. The van der Waals surface area contributed by atoms with Crippen LogP contribution in [0.15, 0.2) is 0 Å². The highest BCUT2D eigenvalue weighted by molar-refractivity contribution is 5.81. The Hall–Kier alpha value is -0.610. The van der Waals surface area contributed by atoms with Gasteiger partial charge in [0, 0.05) is 19.6 Å². The van der Waals surface area contributed by atoms with E-state index in [2.05, 4.69) is 24.1 Å². The van der Waals surface area contributed by atoms with Gasteiger partial charge in [-0.05, 0) is 12.8 Å². The summed E-state index contributed by atoms with van der Waals surface area (Å²) in [6.07, 6.45) is 0. The third-order valence-electron chi connectivity index (χ3n) is 2.66. The Balaban J connectivity index is 2.30. The zero-order chi connectivity index (χ0) is 11.3. The number of amides is 1. The van der Waals surface area contributed by atoms with E-state index in [-0.39, 0.29) is 11.9 Å². The Bertz CT molecular complexity index is 201. The van der Waals surface area contributed by atoms with Crippen molar-refractivity contribution in [1.82, 2.24) is 10.2 Å². The lowest BCUT2D eigenvalue weighted by atomic mass is 10.2. The van der Waals surface area contributed by atoms with E-state index >= 15 is 0 Å². The fourth-order valence-corrected chi connectivity index (χ4v) is 1.58. The molecular weight excluding hydrogens is 192 g/mol. The predicted octanol–water partition coefficient (Wildman–Crippen LogP) is 0.479. The summed E-state index contributed by atoms with van der Waals surface area (Å²) >= 11 is 0. The van der Waals surface area contributed by atoms with Crippen molar-refractivity contribution in [3.63, 3.8) is 0 Å². The first-order valence-electron chi connectivity index (χ1n) is 5.70. The largest absolute Gasteiger partial charge is 0.379 e. The number of carbonyl (C=O) groups is 1. The first kappa shape index (κ1) is 12.5. The van der Waals surface area contributed by atoms with Gasteiger partial charge in [0.1, 0.15) is 0 Å². The van der Waals surface area contributed by atoms with Crippen LogP contribution >= 0.6 is 0 Å². The lowest BCUT2D eigenvalue weighted by Crippen LogP contribution is -2.50. The van der Waals surface area contributed by atoms with Gasteiger partial charge in [0.05, 0.1) is 19.3 Å². The van der Waals surface area contributed by atoms with Crippen LogP contribution in [-0.2, 0) is 9.53 Å². The number of hydrogen-bond donors (Lipinski definition) is 1. The van der Waals surface area contributed by atoms with Gasteiger partial charge >= 0.3 is 0 Å². The molecular formula is C11H22N2O2. The molecule has 0 spiro atoms. The maximum atomic E-state index is 11.8. The highest BCUT2D eigenvalue weighted by Crippen LogP contribution is 2.03. The average Bonchev–Trinajstić information content (AvgIpc) is 2.26. The van der Waals surface area contributed by atoms with E-state index in [0.29, 0.717) is 5.92 Å². The van der Waals surface area contributed by atoms with Crippen molar-refractivity contribution in [2.24, 2.45) is 5.92 Å². The van der Waals surface area contributed by atoms with Crippen LogP contribution in [0.3, 0.4) is 0 Å². The molecule has 0 radical (unpaired) electrons. The second kappa shape index (κ2) is 6.08. The molecule has 1 saturated heterocycles. The SMILES string of the molecule is CC(C)CNC(=O)C(C)N1CCOCC1. The van der Waals surface area contributed by atoms with Crippen molar-refractivity contribution in [3.8, 4) is 0 Å². The number of ether oxygens (including phenoxy) is 1. The molecule has 1 unspecified atom stereocenters. The van der Waals surface area contributed by atoms with Gasteiger partial charge in [0.2, 0.25) is 5.91 Å². The normalized spacial score (nSPS) is 20.3. The molecule has 0 aromatic carbocycles. The number of nitrogens with one attached hydrogen (secondary N) is 1. The van der Waals surface area contributed by atoms with Crippen LogP contribution in [0.25, 0.3) is 0 Å². The summed E-state index contributed by atoms with van der Waals surface area (Å²) in [4.78, 5) is 13.9. The van der Waals surface area contributed by atoms with Gasteiger partial charge in [-0.3, -0.25) is 9.69 Å². The summed E-state index contributed by atoms with van der Waals surface area (Å²) in [5.41, 5.74) is 0. The summed E-state index contributed by atoms with van der Waals surface area (Å²) in [7, 11) is 0. The summed E-state index contributed by atoms with van der Waals surface area (Å²) in [6, 6.07) is -0.0346. The average molecular weight is 214 g/mol. The van der Waals surface area contributed by atoms with Crippen molar-refractivity contribution in [1.29, 1.82) is 0 Å². The van der Waals surface area contributed by atoms with Crippen LogP contribution in [-0.4, -0.2) is 49.7 Å². The Labute approximate surface area is 92.0 Å². The number of morpholine rings is 1. The number of carbonyl (C=O) groups excluding carboxylic acids is 1. The molecule has 1 aliphatic rings. The molecule has 1 atom stereocenters. The van der Waals surface area contributed by atoms with E-state index in [1.807, 2.05) is 6.92 Å². The number of nitrogens with zero attached hydrogens (tertiary/aromatic N) is 1. The van der Waals surface area contributed by atoms with Crippen LogP contribution in [0.5, 0.6) is 0 Å².